The van der Waals surface area contributed by atoms with Gasteiger partial charge in [0.2, 0.25) is 0 Å². The average molecular weight is 839 g/mol. The van der Waals surface area contributed by atoms with Crippen molar-refractivity contribution in [3.8, 4) is 0 Å². The van der Waals surface area contributed by atoms with Crippen molar-refractivity contribution in [2.24, 2.45) is 44.8 Å². The molecule has 0 unspecified atom stereocenters. The fourth-order valence-corrected chi connectivity index (χ4v) is 15.2. The van der Waals surface area contributed by atoms with Crippen LogP contribution >= 0.6 is 0 Å². The van der Waals surface area contributed by atoms with E-state index < -0.39 is 96.1 Å². The van der Waals surface area contributed by atoms with Gasteiger partial charge in [-0.05, 0) is 117 Å². The SMILES string of the molecule is CC(=O)O[C@@H]1[C@@H](OC(C)=O)[C@H](O[C@@H]2CC[C@]34C[C@]35CC[C@]3(C)[C@@H]([C@]6(C)CC[C@H](C(C)(C)O)O6)[C@H](O)C[C@@]3(C)[C@H]5C[C@H](O[C@@H]3OC[C@@H](O)[C@H](O)[C@H]3O)[C@@H]4C2(C)C)OC[C@H]1O. The molecule has 2 spiro atoms. The van der Waals surface area contributed by atoms with E-state index in [9.17, 15) is 40.2 Å². The van der Waals surface area contributed by atoms with Gasteiger partial charge in [-0.15, -0.1) is 0 Å². The zero-order valence-electron chi connectivity index (χ0n) is 36.3. The predicted octanol–water partition coefficient (Wildman–Crippen LogP) is 2.50. The second-order valence-corrected chi connectivity index (χ2v) is 21.8. The van der Waals surface area contributed by atoms with E-state index in [4.69, 9.17) is 33.2 Å². The van der Waals surface area contributed by atoms with Crippen LogP contribution in [0, 0.1) is 44.8 Å². The Morgan fingerprint density at radius 1 is 0.695 bits per heavy atom. The molecule has 336 valence electrons. The summed E-state index contributed by atoms with van der Waals surface area (Å²) in [6.45, 7) is 16.7. The molecule has 8 fully saturated rings. The third-order valence-electron chi connectivity index (χ3n) is 17.8. The van der Waals surface area contributed by atoms with Gasteiger partial charge in [-0.3, -0.25) is 9.59 Å². The van der Waals surface area contributed by atoms with Crippen molar-refractivity contribution < 1.29 is 73.4 Å². The topological polar surface area (TPSA) is 220 Å². The minimum absolute atomic E-state index is 0.0659. The lowest BCUT2D eigenvalue weighted by Crippen LogP contribution is -2.65. The summed E-state index contributed by atoms with van der Waals surface area (Å²) in [6, 6.07) is 0. The number of carbonyl (C=O) groups excluding carboxylic acids is 2. The fraction of sp³-hybridized carbons (Fsp3) is 0.955. The third-order valence-corrected chi connectivity index (χ3v) is 17.8. The van der Waals surface area contributed by atoms with E-state index in [1.807, 2.05) is 0 Å². The van der Waals surface area contributed by atoms with Crippen LogP contribution in [0.1, 0.15) is 120 Å². The molecule has 0 aromatic heterocycles. The molecule has 0 amide bonds. The van der Waals surface area contributed by atoms with Crippen LogP contribution in [0.2, 0.25) is 0 Å². The maximum absolute atomic E-state index is 12.3. The van der Waals surface area contributed by atoms with Gasteiger partial charge >= 0.3 is 11.9 Å². The standard InChI is InChI=1S/C44H70O15/c1-21(45)55-32-25(49)19-54-37(33(32)56-22(2)46)58-28-11-13-44-20-43(44)15-14-40(7)34(42(9)12-10-29(59-42)39(5,6)52)23(47)17-41(40,8)27(43)16-26(35(44)38(28,3)4)57-36-31(51)30(50)24(48)18-53-36/h23-37,47-52H,10-20H2,1-9H3/t23-,24-,25-,26+,27-,28-,29-,30+,31-,32+,33-,34+,35-,36+,37+,40-,41+,42+,43+,44-/m1/s1. The van der Waals surface area contributed by atoms with Gasteiger partial charge in [0.25, 0.3) is 0 Å². The van der Waals surface area contributed by atoms with Gasteiger partial charge in [-0.2, -0.15) is 0 Å². The Labute approximate surface area is 347 Å². The van der Waals surface area contributed by atoms with Crippen molar-refractivity contribution >= 4 is 11.9 Å². The van der Waals surface area contributed by atoms with Gasteiger partial charge in [0.1, 0.15) is 24.4 Å². The largest absolute Gasteiger partial charge is 0.455 e. The first-order chi connectivity index (χ1) is 27.3. The molecule has 3 aliphatic heterocycles. The Hall–Kier alpha value is -1.50. The number of ether oxygens (including phenoxy) is 7. The lowest BCUT2D eigenvalue weighted by molar-refractivity contribution is -0.327. The Bertz CT molecular complexity index is 1630. The highest BCUT2D eigenvalue weighted by Crippen LogP contribution is 2.89. The Morgan fingerprint density at radius 3 is 1.98 bits per heavy atom. The summed E-state index contributed by atoms with van der Waals surface area (Å²) in [5, 5.41) is 66.3. The quantitative estimate of drug-likeness (QED) is 0.153. The van der Waals surface area contributed by atoms with Crippen LogP contribution in [0.4, 0.5) is 0 Å². The molecule has 59 heavy (non-hydrogen) atoms. The van der Waals surface area contributed by atoms with E-state index >= 15 is 0 Å². The van der Waals surface area contributed by atoms with Gasteiger partial charge in [0.15, 0.2) is 24.8 Å². The van der Waals surface area contributed by atoms with E-state index in [1.54, 1.807) is 13.8 Å². The number of hydrogen-bond donors (Lipinski definition) is 6. The number of rotatable bonds is 8. The first-order valence-corrected chi connectivity index (χ1v) is 22.0. The number of aliphatic hydroxyl groups excluding tert-OH is 5. The Morgan fingerprint density at radius 2 is 1.34 bits per heavy atom. The van der Waals surface area contributed by atoms with Crippen molar-refractivity contribution in [2.75, 3.05) is 13.2 Å². The van der Waals surface area contributed by atoms with E-state index in [0.29, 0.717) is 25.7 Å². The van der Waals surface area contributed by atoms with Gasteiger partial charge in [-0.1, -0.05) is 27.7 Å². The zero-order chi connectivity index (χ0) is 43.0. The first kappa shape index (κ1) is 44.1. The highest BCUT2D eigenvalue weighted by Gasteiger charge is 2.85. The van der Waals surface area contributed by atoms with Crippen LogP contribution < -0.4 is 0 Å². The predicted molar refractivity (Wildman–Crippen MR) is 207 cm³/mol. The number of carbonyl (C=O) groups is 2. The maximum atomic E-state index is 12.3. The average Bonchev–Trinajstić information content (AvgIpc) is 3.49. The number of hydrogen-bond acceptors (Lipinski definition) is 15. The number of aliphatic hydroxyl groups is 6. The summed E-state index contributed by atoms with van der Waals surface area (Å²) in [7, 11) is 0. The van der Waals surface area contributed by atoms with E-state index in [2.05, 4.69) is 34.6 Å². The molecule has 0 aromatic carbocycles. The number of esters is 2. The molecular weight excluding hydrogens is 768 g/mol. The maximum Gasteiger partial charge on any atom is 0.303 e. The summed E-state index contributed by atoms with van der Waals surface area (Å²) < 4.78 is 43.5. The molecule has 5 aliphatic carbocycles. The molecule has 3 saturated heterocycles. The molecule has 0 bridgehead atoms. The van der Waals surface area contributed by atoms with Crippen molar-refractivity contribution in [3.63, 3.8) is 0 Å². The van der Waals surface area contributed by atoms with Crippen molar-refractivity contribution in [3.05, 3.63) is 0 Å². The van der Waals surface area contributed by atoms with Crippen molar-refractivity contribution in [2.45, 2.75) is 205 Å². The van der Waals surface area contributed by atoms with Crippen LogP contribution in [-0.2, 0) is 42.7 Å². The molecule has 8 aliphatic rings. The van der Waals surface area contributed by atoms with E-state index in [0.717, 1.165) is 32.1 Å². The fourth-order valence-electron chi connectivity index (χ4n) is 15.2. The highest BCUT2D eigenvalue weighted by molar-refractivity contribution is 5.67. The summed E-state index contributed by atoms with van der Waals surface area (Å²) in [4.78, 5) is 24.4. The zero-order valence-corrected chi connectivity index (χ0v) is 36.3. The summed E-state index contributed by atoms with van der Waals surface area (Å²) in [5.41, 5.74) is -3.16. The second-order valence-electron chi connectivity index (χ2n) is 21.8. The third kappa shape index (κ3) is 6.60. The van der Waals surface area contributed by atoms with Crippen molar-refractivity contribution in [1.82, 2.24) is 0 Å². The van der Waals surface area contributed by atoms with Crippen LogP contribution in [0.15, 0.2) is 0 Å². The van der Waals surface area contributed by atoms with Crippen LogP contribution in [0.25, 0.3) is 0 Å². The molecular formula is C44H70O15. The van der Waals surface area contributed by atoms with Gasteiger partial charge in [0.05, 0.1) is 48.8 Å². The summed E-state index contributed by atoms with van der Waals surface area (Å²) >= 11 is 0. The Balaban J connectivity index is 1.13. The molecule has 0 aromatic rings. The van der Waals surface area contributed by atoms with E-state index in [1.165, 1.54) is 13.8 Å². The van der Waals surface area contributed by atoms with Crippen molar-refractivity contribution in [1.29, 1.82) is 0 Å². The summed E-state index contributed by atoms with van der Waals surface area (Å²) in [5.74, 6) is -1.47. The molecule has 15 nitrogen and oxygen atoms in total. The molecule has 20 atom stereocenters. The van der Waals surface area contributed by atoms with E-state index in [-0.39, 0.29) is 58.7 Å². The minimum atomic E-state index is -1.49. The molecule has 5 saturated carbocycles. The van der Waals surface area contributed by atoms with Gasteiger partial charge in [-0.25, -0.2) is 0 Å². The molecule has 8 rings (SSSR count). The van der Waals surface area contributed by atoms with Gasteiger partial charge in [0, 0.05) is 19.8 Å². The normalized spacial score (nSPS) is 54.0. The molecule has 0 radical (unpaired) electrons. The lowest BCUT2D eigenvalue weighted by atomic mass is 9.41. The minimum Gasteiger partial charge on any atom is -0.455 e. The second kappa shape index (κ2) is 14.5. The summed E-state index contributed by atoms with van der Waals surface area (Å²) in [6.07, 6.45) is -5.24. The van der Waals surface area contributed by atoms with Crippen LogP contribution in [-0.4, -0.2) is 141 Å². The number of fused-ring (bicyclic) bond motifs is 2. The Kier molecular flexibility index (Phi) is 10.9. The molecule has 15 heteroatoms. The highest BCUT2D eigenvalue weighted by atomic mass is 16.7. The first-order valence-electron chi connectivity index (χ1n) is 22.0. The van der Waals surface area contributed by atoms with Crippen LogP contribution in [0.5, 0.6) is 0 Å². The van der Waals surface area contributed by atoms with Gasteiger partial charge < -0.3 is 63.8 Å². The monoisotopic (exact) mass is 838 g/mol. The molecule has 3 heterocycles. The molecule has 6 N–H and O–H groups in total. The smallest absolute Gasteiger partial charge is 0.303 e. The van der Waals surface area contributed by atoms with Crippen LogP contribution in [0.3, 0.4) is 0 Å². The lowest BCUT2D eigenvalue weighted by Gasteiger charge is -2.65.